The zero-order chi connectivity index (χ0) is 12.9. The van der Waals surface area contributed by atoms with Crippen molar-refractivity contribution in [3.63, 3.8) is 0 Å². The third-order valence-electron chi connectivity index (χ3n) is 5.78. The number of aromatic amines is 1. The lowest BCUT2D eigenvalue weighted by Crippen LogP contribution is -2.48. The lowest BCUT2D eigenvalue weighted by atomic mass is 9.49. The molecule has 19 heavy (non-hydrogen) atoms. The van der Waals surface area contributed by atoms with Crippen molar-refractivity contribution in [1.29, 1.82) is 0 Å². The molecule has 4 bridgehead atoms. The first-order chi connectivity index (χ1) is 9.27. The topological polar surface area (TPSA) is 40.7 Å². The summed E-state index contributed by atoms with van der Waals surface area (Å²) in [7, 11) is 0. The number of rotatable bonds is 4. The highest BCUT2D eigenvalue weighted by Crippen LogP contribution is 2.60. The van der Waals surface area contributed by atoms with E-state index in [0.29, 0.717) is 5.41 Å². The van der Waals surface area contributed by atoms with Crippen molar-refractivity contribution in [3.05, 3.63) is 17.7 Å². The third-order valence-corrected chi connectivity index (χ3v) is 5.78. The molecule has 3 heteroatoms. The van der Waals surface area contributed by atoms with E-state index in [1.54, 1.807) is 0 Å². The van der Waals surface area contributed by atoms with Gasteiger partial charge in [-0.3, -0.25) is 0 Å². The largest absolute Gasteiger partial charge is 0.344 e. The van der Waals surface area contributed by atoms with Gasteiger partial charge in [-0.05, 0) is 62.8 Å². The molecule has 1 aromatic heterocycles. The minimum Gasteiger partial charge on any atom is -0.344 e. The van der Waals surface area contributed by atoms with Gasteiger partial charge in [-0.15, -0.1) is 0 Å². The molecular weight excluding hydrogens is 234 g/mol. The van der Waals surface area contributed by atoms with Gasteiger partial charge in [0.1, 0.15) is 5.82 Å². The molecule has 0 amide bonds. The first-order valence-corrected chi connectivity index (χ1v) is 8.02. The number of hydrogen-bond donors (Lipinski definition) is 2. The van der Waals surface area contributed by atoms with E-state index >= 15 is 0 Å². The van der Waals surface area contributed by atoms with E-state index in [-0.39, 0.29) is 0 Å². The molecule has 5 rings (SSSR count). The van der Waals surface area contributed by atoms with Crippen LogP contribution in [0.1, 0.15) is 57.0 Å². The second kappa shape index (κ2) is 4.34. The molecule has 0 atom stereocenters. The minimum absolute atomic E-state index is 0.464. The summed E-state index contributed by atoms with van der Waals surface area (Å²) in [5.41, 5.74) is 1.91. The van der Waals surface area contributed by atoms with Crippen molar-refractivity contribution in [1.82, 2.24) is 15.3 Å². The van der Waals surface area contributed by atoms with Crippen molar-refractivity contribution >= 4 is 0 Å². The van der Waals surface area contributed by atoms with Gasteiger partial charge in [-0.25, -0.2) is 4.98 Å². The smallest absolute Gasteiger partial charge is 0.120 e. The van der Waals surface area contributed by atoms with E-state index in [9.17, 15) is 0 Å². The highest BCUT2D eigenvalue weighted by molar-refractivity contribution is 5.22. The first kappa shape index (κ1) is 12.0. The molecule has 2 N–H and O–H groups in total. The summed E-state index contributed by atoms with van der Waals surface area (Å²) in [6, 6.07) is 0. The Balaban J connectivity index is 1.59. The normalized spacial score (nSPS) is 39.9. The van der Waals surface area contributed by atoms with Gasteiger partial charge in [0.25, 0.3) is 0 Å². The first-order valence-electron chi connectivity index (χ1n) is 8.02. The Hall–Kier alpha value is -0.830. The zero-order valence-corrected chi connectivity index (χ0v) is 11.9. The summed E-state index contributed by atoms with van der Waals surface area (Å²) in [5, 5.41) is 3.36. The van der Waals surface area contributed by atoms with Crippen molar-refractivity contribution in [2.24, 2.45) is 17.8 Å². The second-order valence-electron chi connectivity index (χ2n) is 7.22. The van der Waals surface area contributed by atoms with E-state index < -0.39 is 0 Å². The quantitative estimate of drug-likeness (QED) is 0.872. The molecule has 1 heterocycles. The summed E-state index contributed by atoms with van der Waals surface area (Å²) < 4.78 is 0. The molecule has 0 unspecified atom stereocenters. The Kier molecular flexibility index (Phi) is 2.73. The van der Waals surface area contributed by atoms with Crippen LogP contribution in [0.4, 0.5) is 0 Å². The predicted octanol–water partition coefficient (Wildman–Crippen LogP) is 2.99. The van der Waals surface area contributed by atoms with Crippen molar-refractivity contribution in [3.8, 4) is 0 Å². The lowest BCUT2D eigenvalue weighted by molar-refractivity contribution is -0.00706. The molecule has 0 saturated heterocycles. The van der Waals surface area contributed by atoms with Gasteiger partial charge in [0.2, 0.25) is 0 Å². The highest BCUT2D eigenvalue weighted by Gasteiger charge is 2.52. The number of imidazole rings is 1. The van der Waals surface area contributed by atoms with Crippen molar-refractivity contribution in [2.45, 2.75) is 57.4 Å². The fourth-order valence-corrected chi connectivity index (χ4v) is 5.41. The third kappa shape index (κ3) is 1.94. The Labute approximate surface area is 115 Å². The maximum Gasteiger partial charge on any atom is 0.120 e. The van der Waals surface area contributed by atoms with E-state index in [1.165, 1.54) is 44.2 Å². The average Bonchev–Trinajstić information content (AvgIpc) is 2.84. The van der Waals surface area contributed by atoms with Gasteiger partial charge in [-0.2, -0.15) is 0 Å². The van der Waals surface area contributed by atoms with Crippen LogP contribution in [0.25, 0.3) is 0 Å². The molecule has 0 radical (unpaired) electrons. The summed E-state index contributed by atoms with van der Waals surface area (Å²) >= 11 is 0. The van der Waals surface area contributed by atoms with Crippen LogP contribution in [-0.4, -0.2) is 16.5 Å². The van der Waals surface area contributed by atoms with Crippen LogP contribution in [-0.2, 0) is 12.0 Å². The number of hydrogen-bond acceptors (Lipinski definition) is 2. The molecule has 0 aromatic carbocycles. The maximum absolute atomic E-state index is 4.59. The molecule has 4 fully saturated rings. The van der Waals surface area contributed by atoms with Gasteiger partial charge < -0.3 is 10.3 Å². The van der Waals surface area contributed by atoms with Crippen LogP contribution >= 0.6 is 0 Å². The van der Waals surface area contributed by atoms with Gasteiger partial charge in [0.15, 0.2) is 0 Å². The Morgan fingerprint density at radius 2 is 1.84 bits per heavy atom. The van der Waals surface area contributed by atoms with E-state index in [4.69, 9.17) is 0 Å². The summed E-state index contributed by atoms with van der Waals surface area (Å²) in [5.74, 6) is 4.14. The molecule has 3 nitrogen and oxygen atoms in total. The minimum atomic E-state index is 0.464. The maximum atomic E-state index is 4.59. The number of H-pyrrole nitrogens is 1. The molecule has 4 aliphatic rings. The van der Waals surface area contributed by atoms with Crippen LogP contribution in [0.15, 0.2) is 6.20 Å². The summed E-state index contributed by atoms with van der Waals surface area (Å²) in [4.78, 5) is 8.22. The van der Waals surface area contributed by atoms with Gasteiger partial charge in [0.05, 0.1) is 6.54 Å². The number of aromatic nitrogens is 2. The van der Waals surface area contributed by atoms with Crippen LogP contribution < -0.4 is 5.32 Å². The number of nitrogens with zero attached hydrogens (tertiary/aromatic N) is 1. The van der Waals surface area contributed by atoms with Gasteiger partial charge in [0, 0.05) is 17.3 Å². The fraction of sp³-hybridized carbons (Fsp3) is 0.812. The van der Waals surface area contributed by atoms with Crippen LogP contribution in [0.3, 0.4) is 0 Å². The standard InChI is InChI=1S/C16H25N3/c1-2-17-10-15-18-9-14(19-15)16-6-11-3-12(7-16)5-13(4-11)8-16/h9,11-13,17H,2-8,10H2,1H3,(H,18,19). The molecule has 4 saturated carbocycles. The fourth-order valence-electron chi connectivity index (χ4n) is 5.41. The molecule has 1 aromatic rings. The zero-order valence-electron chi connectivity index (χ0n) is 11.9. The lowest BCUT2D eigenvalue weighted by Gasteiger charge is -2.56. The Morgan fingerprint density at radius 3 is 2.42 bits per heavy atom. The van der Waals surface area contributed by atoms with Crippen LogP contribution in [0.2, 0.25) is 0 Å². The Morgan fingerprint density at radius 1 is 1.21 bits per heavy atom. The monoisotopic (exact) mass is 259 g/mol. The van der Waals surface area contributed by atoms with Crippen molar-refractivity contribution in [2.75, 3.05) is 6.54 Å². The van der Waals surface area contributed by atoms with E-state index in [1.807, 2.05) is 0 Å². The van der Waals surface area contributed by atoms with E-state index in [0.717, 1.165) is 36.7 Å². The van der Waals surface area contributed by atoms with Gasteiger partial charge >= 0.3 is 0 Å². The average molecular weight is 259 g/mol. The predicted molar refractivity (Wildman–Crippen MR) is 75.8 cm³/mol. The second-order valence-corrected chi connectivity index (χ2v) is 7.22. The Bertz CT molecular complexity index is 427. The molecular formula is C16H25N3. The highest BCUT2D eigenvalue weighted by atomic mass is 15.0. The molecule has 0 aliphatic heterocycles. The van der Waals surface area contributed by atoms with E-state index in [2.05, 4.69) is 28.4 Å². The molecule has 0 spiro atoms. The summed E-state index contributed by atoms with van der Waals surface area (Å²) in [6.07, 6.45) is 10.9. The summed E-state index contributed by atoms with van der Waals surface area (Å²) in [6.45, 7) is 4.03. The molecule has 4 aliphatic carbocycles. The molecule has 104 valence electrons. The number of nitrogens with one attached hydrogen (secondary N) is 2. The van der Waals surface area contributed by atoms with Crippen LogP contribution in [0, 0.1) is 17.8 Å². The van der Waals surface area contributed by atoms with Crippen LogP contribution in [0.5, 0.6) is 0 Å². The van der Waals surface area contributed by atoms with Crippen molar-refractivity contribution < 1.29 is 0 Å². The van der Waals surface area contributed by atoms with Gasteiger partial charge in [-0.1, -0.05) is 6.92 Å². The SMILES string of the molecule is CCNCc1ncc(C23CC4CC(CC(C4)C2)C3)[nH]1.